The number of rotatable bonds is 29. The van der Waals surface area contributed by atoms with E-state index in [0.29, 0.717) is 50.0 Å². The molecule has 66 heavy (non-hydrogen) atoms. The number of nitrogens with one attached hydrogen (secondary N) is 2. The van der Waals surface area contributed by atoms with Crippen LogP contribution in [0.1, 0.15) is 57.2 Å². The number of methoxy groups -OCH3 is 1. The summed E-state index contributed by atoms with van der Waals surface area (Å²) in [4.78, 5) is 59.3. The van der Waals surface area contributed by atoms with Crippen LogP contribution in [0, 0.1) is 6.92 Å². The van der Waals surface area contributed by atoms with E-state index in [4.69, 9.17) is 38.7 Å². The molecule has 2 N–H and O–H groups in total. The fraction of sp³-hybridized carbons (Fsp3) is 0.523. The minimum atomic E-state index is -5.02. The Balaban J connectivity index is 1.52. The van der Waals surface area contributed by atoms with Gasteiger partial charge in [0.25, 0.3) is 0 Å². The van der Waals surface area contributed by atoms with Crippen LogP contribution in [-0.4, -0.2) is 127 Å². The molecule has 0 saturated heterocycles. The molecule has 0 aliphatic heterocycles. The van der Waals surface area contributed by atoms with E-state index in [-0.39, 0.29) is 70.1 Å². The second-order valence-electron chi connectivity index (χ2n) is 15.2. The van der Waals surface area contributed by atoms with Crippen molar-refractivity contribution in [1.82, 2.24) is 15.6 Å². The van der Waals surface area contributed by atoms with Crippen LogP contribution >= 0.6 is 0 Å². The number of halogens is 3. The number of alkyl halides is 3. The van der Waals surface area contributed by atoms with Crippen molar-refractivity contribution in [3.05, 3.63) is 82.4 Å². The van der Waals surface area contributed by atoms with Crippen molar-refractivity contribution < 1.29 is 70.2 Å². The standard InChI is InChI=1S/C44H58F3N7O12/c1-31-14-15-49-38(27-31)54(42(58)66-43(2,3)4)17-6-7-39(55)50-30-40(56)52-36(29-41(57)59-5)33-10-8-32(9-11-33)35-13-12-34(28-37(35)65-44(45,46)47)64-26-25-63-24-23-62-22-21-61-20-19-60-18-16-51-53-48/h8-15,27-28,36H,6-7,16-26,29-30H2,1-5H3,(H,50,55)(H,52,56)/t36-/m0/s1. The molecule has 0 aliphatic rings. The van der Waals surface area contributed by atoms with Crippen molar-refractivity contribution in [3.8, 4) is 22.6 Å². The first-order valence-corrected chi connectivity index (χ1v) is 21.0. The Hall–Kier alpha value is -6.19. The monoisotopic (exact) mass is 933 g/mol. The smallest absolute Gasteiger partial charge is 0.491 e. The summed E-state index contributed by atoms with van der Waals surface area (Å²) >= 11 is 0. The highest BCUT2D eigenvalue weighted by molar-refractivity contribution is 5.87. The zero-order valence-corrected chi connectivity index (χ0v) is 37.7. The Kier molecular flexibility index (Phi) is 23.5. The number of carbonyl (C=O) groups is 4. The molecule has 2 aromatic carbocycles. The predicted molar refractivity (Wildman–Crippen MR) is 234 cm³/mol. The quantitative estimate of drug-likeness (QED) is 0.0241. The zero-order chi connectivity index (χ0) is 48.4. The van der Waals surface area contributed by atoms with Crippen LogP contribution in [0.3, 0.4) is 0 Å². The molecule has 362 valence electrons. The van der Waals surface area contributed by atoms with Crippen molar-refractivity contribution in [2.45, 2.75) is 65.0 Å². The van der Waals surface area contributed by atoms with Crippen LogP contribution in [-0.2, 0) is 42.8 Å². The molecule has 3 amide bonds. The Labute approximate surface area is 381 Å². The van der Waals surface area contributed by atoms with E-state index in [1.807, 2.05) is 6.92 Å². The number of anilines is 1. The number of hydrogen-bond acceptors (Lipinski definition) is 14. The molecule has 19 nitrogen and oxygen atoms in total. The average Bonchev–Trinajstić information content (AvgIpc) is 3.25. The van der Waals surface area contributed by atoms with Gasteiger partial charge in [-0.05, 0) is 80.6 Å². The Morgan fingerprint density at radius 3 is 2.08 bits per heavy atom. The van der Waals surface area contributed by atoms with E-state index < -0.39 is 54.2 Å². The van der Waals surface area contributed by atoms with Crippen LogP contribution < -0.4 is 25.0 Å². The number of esters is 1. The molecule has 0 bridgehead atoms. The third-order valence-corrected chi connectivity index (χ3v) is 8.77. The lowest BCUT2D eigenvalue weighted by Gasteiger charge is -2.27. The van der Waals surface area contributed by atoms with Gasteiger partial charge < -0.3 is 48.5 Å². The molecule has 0 radical (unpaired) electrons. The zero-order valence-electron chi connectivity index (χ0n) is 37.7. The van der Waals surface area contributed by atoms with Gasteiger partial charge in [0.05, 0.1) is 79.0 Å². The number of carbonyl (C=O) groups excluding carboxylic acids is 4. The molecule has 1 heterocycles. The molecular formula is C44H58F3N7O12. The maximum Gasteiger partial charge on any atom is 0.573 e. The summed E-state index contributed by atoms with van der Waals surface area (Å²) in [5, 5.41) is 8.59. The van der Waals surface area contributed by atoms with Crippen LogP contribution in [0.15, 0.2) is 65.9 Å². The van der Waals surface area contributed by atoms with E-state index in [0.717, 1.165) is 11.6 Å². The van der Waals surface area contributed by atoms with Gasteiger partial charge in [0.2, 0.25) is 11.8 Å². The van der Waals surface area contributed by atoms with Crippen LogP contribution in [0.25, 0.3) is 21.6 Å². The summed E-state index contributed by atoms with van der Waals surface area (Å²) in [6.45, 7) is 9.39. The maximum absolute atomic E-state index is 13.5. The third kappa shape index (κ3) is 22.1. The average molecular weight is 934 g/mol. The van der Waals surface area contributed by atoms with Gasteiger partial charge in [-0.15, -0.1) is 13.2 Å². The van der Waals surface area contributed by atoms with Crippen molar-refractivity contribution in [1.29, 1.82) is 0 Å². The molecular weight excluding hydrogens is 876 g/mol. The maximum atomic E-state index is 13.5. The van der Waals surface area contributed by atoms with Gasteiger partial charge in [0.15, 0.2) is 0 Å². The Morgan fingerprint density at radius 2 is 1.48 bits per heavy atom. The molecule has 0 saturated carbocycles. The number of benzene rings is 2. The van der Waals surface area contributed by atoms with Gasteiger partial charge in [0, 0.05) is 42.2 Å². The molecule has 22 heteroatoms. The highest BCUT2D eigenvalue weighted by atomic mass is 19.4. The molecule has 0 spiro atoms. The van der Waals surface area contributed by atoms with E-state index in [1.54, 1.807) is 39.1 Å². The van der Waals surface area contributed by atoms with Gasteiger partial charge in [0.1, 0.15) is 29.5 Å². The molecule has 3 aromatic rings. The summed E-state index contributed by atoms with van der Waals surface area (Å²) in [5.74, 6) is -1.81. The summed E-state index contributed by atoms with van der Waals surface area (Å²) in [7, 11) is 1.18. The Morgan fingerprint density at radius 1 is 0.848 bits per heavy atom. The topological polar surface area (TPSA) is 231 Å². The second-order valence-corrected chi connectivity index (χ2v) is 15.2. The summed E-state index contributed by atoms with van der Waals surface area (Å²) < 4.78 is 82.4. The lowest BCUT2D eigenvalue weighted by molar-refractivity contribution is -0.274. The van der Waals surface area contributed by atoms with Gasteiger partial charge in [-0.3, -0.25) is 19.3 Å². The van der Waals surface area contributed by atoms with Crippen molar-refractivity contribution >= 4 is 29.7 Å². The van der Waals surface area contributed by atoms with E-state index in [9.17, 15) is 32.3 Å². The number of ether oxygens (including phenoxy) is 8. The number of azide groups is 1. The SMILES string of the molecule is COC(=O)C[C@H](NC(=O)CNC(=O)CCCN(C(=O)OC(C)(C)C)c1cc(C)ccn1)c1ccc(-c2ccc(OCCOCCOCCOCCOCCN=[N+]=[N-])cc2OC(F)(F)F)cc1. The molecule has 0 unspecified atom stereocenters. The number of hydrogen-bond donors (Lipinski definition) is 2. The molecule has 1 aromatic heterocycles. The largest absolute Gasteiger partial charge is 0.573 e. The number of nitrogens with zero attached hydrogens (tertiary/aromatic N) is 5. The first-order valence-electron chi connectivity index (χ1n) is 21.0. The van der Waals surface area contributed by atoms with Crippen molar-refractivity contribution in [2.75, 3.05) is 91.1 Å². The fourth-order valence-electron chi connectivity index (χ4n) is 5.76. The van der Waals surface area contributed by atoms with Crippen molar-refractivity contribution in [3.63, 3.8) is 0 Å². The lowest BCUT2D eigenvalue weighted by atomic mass is 9.98. The first kappa shape index (κ1) is 54.1. The van der Waals surface area contributed by atoms with Crippen LogP contribution in [0.4, 0.5) is 23.8 Å². The minimum absolute atomic E-state index is 0.0281. The van der Waals surface area contributed by atoms with Gasteiger partial charge in [-0.25, -0.2) is 9.78 Å². The highest BCUT2D eigenvalue weighted by Gasteiger charge is 2.33. The third-order valence-electron chi connectivity index (χ3n) is 8.77. The summed E-state index contributed by atoms with van der Waals surface area (Å²) in [6, 6.07) is 12.6. The molecule has 0 fully saturated rings. The summed E-state index contributed by atoms with van der Waals surface area (Å²) in [6.07, 6.45) is -4.19. The van der Waals surface area contributed by atoms with E-state index in [1.165, 1.54) is 48.4 Å². The number of aromatic nitrogens is 1. The van der Waals surface area contributed by atoms with Crippen molar-refractivity contribution in [2.24, 2.45) is 5.11 Å². The van der Waals surface area contributed by atoms with Crippen LogP contribution in [0.5, 0.6) is 11.5 Å². The molecule has 0 aliphatic carbocycles. The highest BCUT2D eigenvalue weighted by Crippen LogP contribution is 2.37. The predicted octanol–water partition coefficient (Wildman–Crippen LogP) is 6.77. The van der Waals surface area contributed by atoms with Gasteiger partial charge in [-0.2, -0.15) is 0 Å². The van der Waals surface area contributed by atoms with Gasteiger partial charge in [-0.1, -0.05) is 29.4 Å². The first-order chi connectivity index (χ1) is 31.5. The number of aryl methyl sites for hydroxylation is 1. The second kappa shape index (κ2) is 28.7. The van der Waals surface area contributed by atoms with Gasteiger partial charge >= 0.3 is 18.4 Å². The van der Waals surface area contributed by atoms with E-state index in [2.05, 4.69) is 30.4 Å². The minimum Gasteiger partial charge on any atom is -0.491 e. The lowest BCUT2D eigenvalue weighted by Crippen LogP contribution is -2.40. The molecule has 3 rings (SSSR count). The normalized spacial score (nSPS) is 11.8. The van der Waals surface area contributed by atoms with Crippen LogP contribution in [0.2, 0.25) is 0 Å². The summed E-state index contributed by atoms with van der Waals surface area (Å²) in [5.41, 5.74) is 9.15. The fourth-order valence-corrected chi connectivity index (χ4v) is 5.76. The number of pyridine rings is 1. The number of amides is 3. The molecule has 1 atom stereocenters. The van der Waals surface area contributed by atoms with E-state index >= 15 is 0 Å². The Bertz CT molecular complexity index is 2030.